The van der Waals surface area contributed by atoms with Gasteiger partial charge in [0.25, 0.3) is 0 Å². The van der Waals surface area contributed by atoms with Crippen molar-refractivity contribution >= 4 is 17.8 Å². The molecule has 28 heavy (non-hydrogen) atoms. The maximum atomic E-state index is 12.5. The molecule has 2 atom stereocenters. The van der Waals surface area contributed by atoms with E-state index in [9.17, 15) is 24.6 Å². The van der Waals surface area contributed by atoms with Crippen molar-refractivity contribution in [3.8, 4) is 0 Å². The van der Waals surface area contributed by atoms with Crippen LogP contribution in [0.4, 0.5) is 0 Å². The van der Waals surface area contributed by atoms with Crippen LogP contribution < -0.4 is 5.32 Å². The molecular weight excluding hydrogens is 360 g/mol. The zero-order valence-electron chi connectivity index (χ0n) is 16.4. The average molecular weight is 390 g/mol. The van der Waals surface area contributed by atoms with E-state index in [2.05, 4.69) is 5.32 Å². The molecular formula is C21H30N2O5. The molecule has 154 valence electrons. The molecule has 2 rings (SSSR count). The number of rotatable bonds is 9. The van der Waals surface area contributed by atoms with Crippen LogP contribution in [0.15, 0.2) is 30.3 Å². The number of benzene rings is 1. The van der Waals surface area contributed by atoms with E-state index < -0.39 is 17.5 Å². The van der Waals surface area contributed by atoms with Gasteiger partial charge in [-0.2, -0.15) is 0 Å². The van der Waals surface area contributed by atoms with E-state index in [1.807, 2.05) is 30.3 Å². The van der Waals surface area contributed by atoms with Crippen LogP contribution in [0.5, 0.6) is 0 Å². The molecule has 0 bridgehead atoms. The molecule has 0 aromatic heterocycles. The summed E-state index contributed by atoms with van der Waals surface area (Å²) < 4.78 is 0. The Hall–Kier alpha value is -2.41. The summed E-state index contributed by atoms with van der Waals surface area (Å²) in [5.41, 5.74) is -0.209. The predicted octanol–water partition coefficient (Wildman–Crippen LogP) is 1.59. The highest BCUT2D eigenvalue weighted by molar-refractivity contribution is 5.80. The van der Waals surface area contributed by atoms with E-state index in [0.717, 1.165) is 12.0 Å². The highest BCUT2D eigenvalue weighted by atomic mass is 16.4. The van der Waals surface area contributed by atoms with Crippen molar-refractivity contribution in [2.75, 3.05) is 19.6 Å². The SMILES string of the molecule is CC(=O)NCCCC(=O)N1CC[C@H](O)[C@](CCCc2ccccc2)(C(=O)O)C1. The van der Waals surface area contributed by atoms with Crippen LogP contribution in [0.3, 0.4) is 0 Å². The number of carboxylic acids is 1. The molecule has 1 aliphatic heterocycles. The van der Waals surface area contributed by atoms with Gasteiger partial charge in [0.05, 0.1) is 6.10 Å². The fourth-order valence-corrected chi connectivity index (χ4v) is 3.77. The molecule has 1 aromatic carbocycles. The number of nitrogens with zero attached hydrogens (tertiary/aromatic N) is 1. The van der Waals surface area contributed by atoms with Crippen LogP contribution in [0.1, 0.15) is 44.6 Å². The maximum absolute atomic E-state index is 12.5. The highest BCUT2D eigenvalue weighted by Crippen LogP contribution is 2.36. The van der Waals surface area contributed by atoms with Crippen molar-refractivity contribution in [3.05, 3.63) is 35.9 Å². The number of hydrogen-bond donors (Lipinski definition) is 3. The fourth-order valence-electron chi connectivity index (χ4n) is 3.77. The van der Waals surface area contributed by atoms with Gasteiger partial charge in [-0.05, 0) is 37.7 Å². The number of amides is 2. The molecule has 7 nitrogen and oxygen atoms in total. The van der Waals surface area contributed by atoms with Gasteiger partial charge in [-0.3, -0.25) is 14.4 Å². The van der Waals surface area contributed by atoms with Crippen molar-refractivity contribution in [2.24, 2.45) is 5.41 Å². The number of aliphatic carboxylic acids is 1. The van der Waals surface area contributed by atoms with Gasteiger partial charge in [0.1, 0.15) is 5.41 Å². The number of piperidine rings is 1. The third kappa shape index (κ3) is 5.79. The van der Waals surface area contributed by atoms with Crippen molar-refractivity contribution in [3.63, 3.8) is 0 Å². The van der Waals surface area contributed by atoms with Gasteiger partial charge in [0.2, 0.25) is 11.8 Å². The first kappa shape index (κ1) is 21.9. The number of nitrogens with one attached hydrogen (secondary N) is 1. The molecule has 7 heteroatoms. The largest absolute Gasteiger partial charge is 0.481 e. The Morgan fingerprint density at radius 3 is 2.57 bits per heavy atom. The minimum absolute atomic E-state index is 0.0251. The summed E-state index contributed by atoms with van der Waals surface area (Å²) in [7, 11) is 0. The molecule has 0 saturated carbocycles. The Balaban J connectivity index is 1.96. The summed E-state index contributed by atoms with van der Waals surface area (Å²) in [6.45, 7) is 2.22. The number of aliphatic hydroxyl groups is 1. The summed E-state index contributed by atoms with van der Waals surface area (Å²) in [5, 5.41) is 23.0. The smallest absolute Gasteiger partial charge is 0.314 e. The molecule has 0 radical (unpaired) electrons. The second-order valence-corrected chi connectivity index (χ2v) is 7.51. The third-order valence-corrected chi connectivity index (χ3v) is 5.43. The second kappa shape index (κ2) is 10.2. The predicted molar refractivity (Wildman–Crippen MR) is 105 cm³/mol. The minimum Gasteiger partial charge on any atom is -0.481 e. The lowest BCUT2D eigenvalue weighted by Gasteiger charge is -2.43. The van der Waals surface area contributed by atoms with Crippen molar-refractivity contribution in [2.45, 2.75) is 51.6 Å². The van der Waals surface area contributed by atoms with Gasteiger partial charge in [-0.15, -0.1) is 0 Å². The average Bonchev–Trinajstić information content (AvgIpc) is 2.67. The van der Waals surface area contributed by atoms with Gasteiger partial charge in [-0.1, -0.05) is 30.3 Å². The molecule has 1 aromatic rings. The van der Waals surface area contributed by atoms with Gasteiger partial charge in [0.15, 0.2) is 0 Å². The van der Waals surface area contributed by atoms with E-state index in [4.69, 9.17) is 0 Å². The normalized spacial score (nSPS) is 21.9. The van der Waals surface area contributed by atoms with E-state index in [1.54, 1.807) is 4.90 Å². The van der Waals surface area contributed by atoms with E-state index in [-0.39, 0.29) is 31.2 Å². The Kier molecular flexibility index (Phi) is 7.99. The Morgan fingerprint density at radius 2 is 1.93 bits per heavy atom. The molecule has 2 amide bonds. The van der Waals surface area contributed by atoms with Crippen molar-refractivity contribution in [1.82, 2.24) is 10.2 Å². The summed E-state index contributed by atoms with van der Waals surface area (Å²) in [6.07, 6.45) is 1.71. The van der Waals surface area contributed by atoms with Crippen LogP contribution in [0.2, 0.25) is 0 Å². The van der Waals surface area contributed by atoms with Crippen LogP contribution in [0, 0.1) is 5.41 Å². The quantitative estimate of drug-likeness (QED) is 0.555. The molecule has 0 aliphatic carbocycles. The van der Waals surface area contributed by atoms with Crippen molar-refractivity contribution < 1.29 is 24.6 Å². The number of carboxylic acid groups (broad SMARTS) is 1. The maximum Gasteiger partial charge on any atom is 0.314 e. The number of aryl methyl sites for hydroxylation is 1. The lowest BCUT2D eigenvalue weighted by molar-refractivity contribution is -0.167. The number of hydrogen-bond acceptors (Lipinski definition) is 4. The van der Waals surface area contributed by atoms with Gasteiger partial charge < -0.3 is 20.4 Å². The second-order valence-electron chi connectivity index (χ2n) is 7.51. The zero-order chi connectivity index (χ0) is 20.6. The molecule has 1 heterocycles. The van der Waals surface area contributed by atoms with E-state index in [1.165, 1.54) is 6.92 Å². The Bertz CT molecular complexity index is 679. The zero-order valence-corrected chi connectivity index (χ0v) is 16.4. The first-order valence-corrected chi connectivity index (χ1v) is 9.83. The van der Waals surface area contributed by atoms with Gasteiger partial charge in [0, 0.05) is 33.0 Å². The number of aliphatic hydroxyl groups excluding tert-OH is 1. The lowest BCUT2D eigenvalue weighted by atomic mass is 9.73. The monoisotopic (exact) mass is 390 g/mol. The van der Waals surface area contributed by atoms with Crippen LogP contribution >= 0.6 is 0 Å². The van der Waals surface area contributed by atoms with Crippen LogP contribution in [-0.2, 0) is 20.8 Å². The van der Waals surface area contributed by atoms with Gasteiger partial charge in [-0.25, -0.2) is 0 Å². The third-order valence-electron chi connectivity index (χ3n) is 5.43. The molecule has 0 spiro atoms. The Labute approximate surface area is 165 Å². The number of likely N-dealkylation sites (tertiary alicyclic amines) is 1. The number of carbonyl (C=O) groups excluding carboxylic acids is 2. The highest BCUT2D eigenvalue weighted by Gasteiger charge is 2.49. The molecule has 1 fully saturated rings. The minimum atomic E-state index is -1.33. The van der Waals surface area contributed by atoms with Crippen LogP contribution in [0.25, 0.3) is 0 Å². The molecule has 1 aliphatic rings. The van der Waals surface area contributed by atoms with Gasteiger partial charge >= 0.3 is 5.97 Å². The Morgan fingerprint density at radius 1 is 1.21 bits per heavy atom. The molecule has 1 saturated heterocycles. The summed E-state index contributed by atoms with van der Waals surface area (Å²) >= 11 is 0. The van der Waals surface area contributed by atoms with E-state index in [0.29, 0.717) is 32.4 Å². The van der Waals surface area contributed by atoms with Crippen LogP contribution in [-0.4, -0.2) is 58.6 Å². The number of carbonyl (C=O) groups is 3. The molecule has 3 N–H and O–H groups in total. The first-order chi connectivity index (χ1) is 13.3. The van der Waals surface area contributed by atoms with E-state index >= 15 is 0 Å². The molecule has 0 unspecified atom stereocenters. The topological polar surface area (TPSA) is 107 Å². The van der Waals surface area contributed by atoms with Crippen molar-refractivity contribution in [1.29, 1.82) is 0 Å². The fraction of sp³-hybridized carbons (Fsp3) is 0.571. The summed E-state index contributed by atoms with van der Waals surface area (Å²) in [5.74, 6) is -1.33. The standard InChI is InChI=1S/C21H30N2O5/c1-16(24)22-13-6-10-19(26)23-14-11-18(25)21(15-23,20(27)28)12-5-9-17-7-3-2-4-8-17/h2-4,7-8,18,25H,5-6,9-15H2,1H3,(H,22,24)(H,27,28)/t18-,21+/m0/s1. The summed E-state index contributed by atoms with van der Waals surface area (Å²) in [6, 6.07) is 9.81. The first-order valence-electron chi connectivity index (χ1n) is 9.83. The summed E-state index contributed by atoms with van der Waals surface area (Å²) in [4.78, 5) is 37.0. The lowest BCUT2D eigenvalue weighted by Crippen LogP contribution is -2.57.